The monoisotopic (exact) mass is 446 g/mol. The average Bonchev–Trinajstić information content (AvgIpc) is 2.81. The predicted octanol–water partition coefficient (Wildman–Crippen LogP) is 3.75. The Kier molecular flexibility index (Phi) is 6.68. The number of piperidine rings is 1. The highest BCUT2D eigenvalue weighted by atomic mass is 16.5. The van der Waals surface area contributed by atoms with E-state index in [1.807, 2.05) is 61.5 Å². The van der Waals surface area contributed by atoms with Crippen LogP contribution < -0.4 is 26.0 Å². The van der Waals surface area contributed by atoms with E-state index in [1.54, 1.807) is 7.11 Å². The van der Waals surface area contributed by atoms with Gasteiger partial charge in [0.25, 0.3) is 0 Å². The molecule has 2 aromatic carbocycles. The van der Waals surface area contributed by atoms with Crippen molar-refractivity contribution in [3.63, 3.8) is 0 Å². The topological polar surface area (TPSA) is 117 Å². The van der Waals surface area contributed by atoms with Crippen molar-refractivity contribution in [3.8, 4) is 5.75 Å². The molecule has 33 heavy (non-hydrogen) atoms. The number of ether oxygens (including phenoxy) is 1. The Morgan fingerprint density at radius 3 is 2.33 bits per heavy atom. The second kappa shape index (κ2) is 9.99. The molecule has 1 aromatic heterocycles. The Balaban J connectivity index is 1.38. The second-order valence-electron chi connectivity index (χ2n) is 7.80. The number of aromatic nitrogens is 2. The molecular weight excluding hydrogens is 420 g/mol. The normalized spacial score (nSPS) is 15.3. The van der Waals surface area contributed by atoms with Gasteiger partial charge in [0.15, 0.2) is 0 Å². The smallest absolute Gasteiger partial charge is 0.229 e. The van der Waals surface area contributed by atoms with E-state index in [0.717, 1.165) is 22.8 Å². The van der Waals surface area contributed by atoms with E-state index in [0.29, 0.717) is 36.8 Å². The zero-order valence-electron chi connectivity index (χ0n) is 18.5. The van der Waals surface area contributed by atoms with Crippen LogP contribution in [0.3, 0.4) is 0 Å². The molecule has 1 atom stereocenters. The Morgan fingerprint density at radius 1 is 1.00 bits per heavy atom. The van der Waals surface area contributed by atoms with Gasteiger partial charge in [-0.1, -0.05) is 0 Å². The first-order chi connectivity index (χ1) is 16.0. The molecule has 4 rings (SSSR count). The van der Waals surface area contributed by atoms with Crippen molar-refractivity contribution >= 4 is 40.6 Å². The molecule has 0 bridgehead atoms. The number of hydrogen-bond acceptors (Lipinski definition) is 7. The minimum atomic E-state index is -0.210. The van der Waals surface area contributed by atoms with Gasteiger partial charge in [-0.25, -0.2) is 4.98 Å². The zero-order chi connectivity index (χ0) is 23.2. The van der Waals surface area contributed by atoms with E-state index in [2.05, 4.69) is 31.2 Å². The number of carbonyl (C=O) groups excluding carboxylic acids is 2. The molecule has 0 unspecified atom stereocenters. The molecule has 0 radical (unpaired) electrons. The van der Waals surface area contributed by atoms with Gasteiger partial charge in [-0.2, -0.15) is 4.98 Å². The van der Waals surface area contributed by atoms with Crippen molar-refractivity contribution in [2.45, 2.75) is 19.8 Å². The zero-order valence-corrected chi connectivity index (χ0v) is 18.5. The Labute approximate surface area is 192 Å². The predicted molar refractivity (Wildman–Crippen MR) is 127 cm³/mol. The number of aryl methyl sites for hydroxylation is 1. The van der Waals surface area contributed by atoms with Gasteiger partial charge < -0.3 is 26.0 Å². The molecule has 3 aromatic rings. The molecular formula is C24H26N6O3. The summed E-state index contributed by atoms with van der Waals surface area (Å²) in [6.45, 7) is 2.28. The standard InChI is InChI=1S/C24H26N6O3/c1-15-13-21(27-17-8-10-20(33-2)11-9-17)30-24(26-15)29-19-6-4-18(5-7-19)28-23(32)16-3-12-22(31)25-14-16/h4-11,13,16H,3,12,14H2,1-2H3,(H,25,31)(H,28,32)(H2,26,27,29,30)/t16-/m0/s1. The molecule has 0 aliphatic carbocycles. The van der Waals surface area contributed by atoms with Crippen LogP contribution in [0.5, 0.6) is 5.75 Å². The maximum atomic E-state index is 12.4. The fourth-order valence-electron chi connectivity index (χ4n) is 3.48. The van der Waals surface area contributed by atoms with Gasteiger partial charge in [0.05, 0.1) is 13.0 Å². The fourth-order valence-corrected chi connectivity index (χ4v) is 3.48. The summed E-state index contributed by atoms with van der Waals surface area (Å²) >= 11 is 0. The molecule has 2 amide bonds. The van der Waals surface area contributed by atoms with Gasteiger partial charge in [0.1, 0.15) is 11.6 Å². The molecule has 1 saturated heterocycles. The van der Waals surface area contributed by atoms with Gasteiger partial charge in [-0.15, -0.1) is 0 Å². The maximum absolute atomic E-state index is 12.4. The van der Waals surface area contributed by atoms with Crippen LogP contribution in [-0.2, 0) is 9.59 Å². The number of anilines is 5. The van der Waals surface area contributed by atoms with Crippen molar-refractivity contribution in [1.82, 2.24) is 15.3 Å². The number of benzene rings is 2. The third-order valence-corrected chi connectivity index (χ3v) is 5.26. The first-order valence-corrected chi connectivity index (χ1v) is 10.7. The highest BCUT2D eigenvalue weighted by Gasteiger charge is 2.24. The van der Waals surface area contributed by atoms with Crippen LogP contribution in [0.15, 0.2) is 54.6 Å². The highest BCUT2D eigenvalue weighted by molar-refractivity contribution is 5.94. The number of nitrogens with zero attached hydrogens (tertiary/aromatic N) is 2. The second-order valence-corrected chi connectivity index (χ2v) is 7.80. The summed E-state index contributed by atoms with van der Waals surface area (Å²) in [5.41, 5.74) is 3.18. The molecule has 0 spiro atoms. The molecule has 1 aliphatic rings. The van der Waals surface area contributed by atoms with E-state index < -0.39 is 0 Å². The molecule has 1 aliphatic heterocycles. The molecule has 0 saturated carbocycles. The van der Waals surface area contributed by atoms with E-state index in [1.165, 1.54) is 0 Å². The number of amides is 2. The summed E-state index contributed by atoms with van der Waals surface area (Å²) in [7, 11) is 1.63. The summed E-state index contributed by atoms with van der Waals surface area (Å²) in [5, 5.41) is 12.1. The third-order valence-electron chi connectivity index (χ3n) is 5.26. The number of methoxy groups -OCH3 is 1. The Bertz CT molecular complexity index is 1120. The lowest BCUT2D eigenvalue weighted by Gasteiger charge is -2.21. The van der Waals surface area contributed by atoms with Crippen LogP contribution in [-0.4, -0.2) is 35.4 Å². The lowest BCUT2D eigenvalue weighted by atomic mass is 9.98. The van der Waals surface area contributed by atoms with Crippen molar-refractivity contribution < 1.29 is 14.3 Å². The third kappa shape index (κ3) is 5.97. The number of nitrogens with one attached hydrogen (secondary N) is 4. The van der Waals surface area contributed by atoms with Gasteiger partial charge in [-0.05, 0) is 61.9 Å². The fraction of sp³-hybridized carbons (Fsp3) is 0.250. The lowest BCUT2D eigenvalue weighted by Crippen LogP contribution is -2.40. The minimum Gasteiger partial charge on any atom is -0.497 e. The van der Waals surface area contributed by atoms with Gasteiger partial charge in [0.2, 0.25) is 17.8 Å². The molecule has 9 nitrogen and oxygen atoms in total. The molecule has 2 heterocycles. The quantitative estimate of drug-likeness (QED) is 0.437. The van der Waals surface area contributed by atoms with E-state index in [9.17, 15) is 9.59 Å². The Morgan fingerprint density at radius 2 is 1.67 bits per heavy atom. The number of rotatable bonds is 7. The van der Waals surface area contributed by atoms with Crippen LogP contribution in [0.1, 0.15) is 18.5 Å². The average molecular weight is 447 g/mol. The van der Waals surface area contributed by atoms with E-state index in [4.69, 9.17) is 4.74 Å². The van der Waals surface area contributed by atoms with E-state index in [-0.39, 0.29) is 17.7 Å². The Hall–Kier alpha value is -4.14. The van der Waals surface area contributed by atoms with E-state index >= 15 is 0 Å². The highest BCUT2D eigenvalue weighted by Crippen LogP contribution is 2.22. The summed E-state index contributed by atoms with van der Waals surface area (Å²) < 4.78 is 5.19. The van der Waals surface area contributed by atoms with Gasteiger partial charge in [-0.3, -0.25) is 9.59 Å². The van der Waals surface area contributed by atoms with Crippen LogP contribution in [0, 0.1) is 12.8 Å². The lowest BCUT2D eigenvalue weighted by molar-refractivity contribution is -0.126. The molecule has 170 valence electrons. The summed E-state index contributed by atoms with van der Waals surface area (Å²) in [6.07, 6.45) is 0.946. The molecule has 9 heteroatoms. The van der Waals surface area contributed by atoms with Crippen molar-refractivity contribution in [3.05, 3.63) is 60.3 Å². The van der Waals surface area contributed by atoms with Crippen LogP contribution in [0.4, 0.5) is 28.8 Å². The maximum Gasteiger partial charge on any atom is 0.229 e. The first kappa shape index (κ1) is 22.1. The van der Waals surface area contributed by atoms with Crippen LogP contribution in [0.2, 0.25) is 0 Å². The van der Waals surface area contributed by atoms with Crippen molar-refractivity contribution in [1.29, 1.82) is 0 Å². The molecule has 4 N–H and O–H groups in total. The summed E-state index contributed by atoms with van der Waals surface area (Å²) in [6, 6.07) is 16.8. The van der Waals surface area contributed by atoms with Crippen LogP contribution in [0.25, 0.3) is 0 Å². The SMILES string of the molecule is COc1ccc(Nc2cc(C)nc(Nc3ccc(NC(=O)[C@H]4CCC(=O)NC4)cc3)n2)cc1. The first-order valence-electron chi connectivity index (χ1n) is 10.7. The van der Waals surface area contributed by atoms with Crippen molar-refractivity contribution in [2.75, 3.05) is 29.6 Å². The summed E-state index contributed by atoms with van der Waals surface area (Å²) in [4.78, 5) is 32.7. The largest absolute Gasteiger partial charge is 0.497 e. The number of hydrogen-bond donors (Lipinski definition) is 4. The van der Waals surface area contributed by atoms with Gasteiger partial charge in [0, 0.05) is 41.8 Å². The van der Waals surface area contributed by atoms with Gasteiger partial charge >= 0.3 is 0 Å². The van der Waals surface area contributed by atoms with Crippen molar-refractivity contribution in [2.24, 2.45) is 5.92 Å². The summed E-state index contributed by atoms with van der Waals surface area (Å²) in [5.74, 6) is 1.60. The molecule has 1 fully saturated rings. The van der Waals surface area contributed by atoms with Crippen LogP contribution >= 0.6 is 0 Å². The minimum absolute atomic E-state index is 0.00444. The number of carbonyl (C=O) groups is 2.